The first kappa shape index (κ1) is 9.65. The van der Waals surface area contributed by atoms with E-state index in [-0.39, 0.29) is 0 Å². The smallest absolute Gasteiger partial charge is 0.212 e. The van der Waals surface area contributed by atoms with Gasteiger partial charge in [0.2, 0.25) is 5.88 Å². The number of aromatic nitrogens is 2. The molecule has 2 aromatic heterocycles. The van der Waals surface area contributed by atoms with Crippen molar-refractivity contribution in [3.05, 3.63) is 42.2 Å². The van der Waals surface area contributed by atoms with E-state index in [0.717, 1.165) is 11.3 Å². The molecule has 3 heteroatoms. The second-order valence-corrected chi connectivity index (χ2v) is 3.31. The van der Waals surface area contributed by atoms with Gasteiger partial charge >= 0.3 is 0 Å². The second-order valence-electron chi connectivity index (χ2n) is 3.31. The van der Waals surface area contributed by atoms with E-state index in [9.17, 15) is 0 Å². The Morgan fingerprint density at radius 2 is 2.00 bits per heavy atom. The molecule has 0 saturated heterocycles. The maximum atomic E-state index is 5.00. The van der Waals surface area contributed by atoms with Gasteiger partial charge in [0, 0.05) is 24.0 Å². The normalized spacial score (nSPS) is 10.0. The van der Waals surface area contributed by atoms with Crippen molar-refractivity contribution in [1.82, 2.24) is 9.97 Å². The van der Waals surface area contributed by atoms with E-state index in [1.165, 1.54) is 5.56 Å². The zero-order valence-electron chi connectivity index (χ0n) is 8.77. The summed E-state index contributed by atoms with van der Waals surface area (Å²) in [4.78, 5) is 8.43. The molecule has 15 heavy (non-hydrogen) atoms. The van der Waals surface area contributed by atoms with Crippen LogP contribution >= 0.6 is 0 Å². The molecule has 0 atom stereocenters. The average Bonchev–Trinajstić information content (AvgIpc) is 2.29. The molecule has 0 unspecified atom stereocenters. The van der Waals surface area contributed by atoms with E-state index in [1.807, 2.05) is 31.2 Å². The van der Waals surface area contributed by atoms with Crippen LogP contribution in [-0.2, 0) is 0 Å². The van der Waals surface area contributed by atoms with Gasteiger partial charge in [-0.2, -0.15) is 0 Å². The van der Waals surface area contributed by atoms with Crippen LogP contribution in [0, 0.1) is 6.92 Å². The molecule has 2 rings (SSSR count). The Balaban J connectivity index is 2.37. The van der Waals surface area contributed by atoms with Gasteiger partial charge in [0.25, 0.3) is 0 Å². The Hall–Kier alpha value is -1.90. The molecule has 0 radical (unpaired) electrons. The summed E-state index contributed by atoms with van der Waals surface area (Å²) < 4.78 is 5.00. The fraction of sp³-hybridized carbons (Fsp3) is 0.167. The number of rotatable bonds is 2. The minimum atomic E-state index is 0.617. The van der Waals surface area contributed by atoms with E-state index in [2.05, 4.69) is 9.97 Å². The van der Waals surface area contributed by atoms with Crippen LogP contribution in [0.3, 0.4) is 0 Å². The molecule has 2 aromatic rings. The number of methoxy groups -OCH3 is 1. The monoisotopic (exact) mass is 200 g/mol. The summed E-state index contributed by atoms with van der Waals surface area (Å²) in [5.74, 6) is 0.617. The lowest BCUT2D eigenvalue weighted by Crippen LogP contribution is -1.89. The Kier molecular flexibility index (Phi) is 2.63. The van der Waals surface area contributed by atoms with Gasteiger partial charge in [0.15, 0.2) is 0 Å². The predicted octanol–water partition coefficient (Wildman–Crippen LogP) is 2.46. The van der Waals surface area contributed by atoms with Gasteiger partial charge in [-0.05, 0) is 30.7 Å². The van der Waals surface area contributed by atoms with Gasteiger partial charge in [-0.3, -0.25) is 4.98 Å². The molecule has 0 aliphatic rings. The van der Waals surface area contributed by atoms with Gasteiger partial charge in [-0.25, -0.2) is 4.98 Å². The Bertz CT molecular complexity index is 451. The highest BCUT2D eigenvalue weighted by Gasteiger charge is 2.00. The molecular weight excluding hydrogens is 188 g/mol. The fourth-order valence-electron chi connectivity index (χ4n) is 1.35. The zero-order valence-corrected chi connectivity index (χ0v) is 8.77. The summed E-state index contributed by atoms with van der Waals surface area (Å²) in [7, 11) is 1.60. The first-order chi connectivity index (χ1) is 7.29. The van der Waals surface area contributed by atoms with Gasteiger partial charge in [-0.15, -0.1) is 0 Å². The van der Waals surface area contributed by atoms with Crippen LogP contribution in [-0.4, -0.2) is 17.1 Å². The van der Waals surface area contributed by atoms with Crippen LogP contribution in [0.4, 0.5) is 0 Å². The molecule has 0 spiro atoms. The first-order valence-electron chi connectivity index (χ1n) is 4.72. The van der Waals surface area contributed by atoms with Crippen molar-refractivity contribution in [3.63, 3.8) is 0 Å². The van der Waals surface area contributed by atoms with E-state index in [1.54, 1.807) is 19.5 Å². The van der Waals surface area contributed by atoms with E-state index in [0.29, 0.717) is 5.88 Å². The second kappa shape index (κ2) is 4.09. The molecular formula is C12H12N2O. The van der Waals surface area contributed by atoms with Crippen molar-refractivity contribution in [2.45, 2.75) is 6.92 Å². The molecule has 76 valence electrons. The van der Waals surface area contributed by atoms with Crippen molar-refractivity contribution in [2.24, 2.45) is 0 Å². The third kappa shape index (κ3) is 2.13. The highest BCUT2D eigenvalue weighted by molar-refractivity contribution is 5.58. The van der Waals surface area contributed by atoms with Crippen LogP contribution in [0.5, 0.6) is 5.88 Å². The predicted molar refractivity (Wildman–Crippen MR) is 58.8 cm³/mol. The van der Waals surface area contributed by atoms with Gasteiger partial charge in [0.05, 0.1) is 12.8 Å². The molecule has 0 N–H and O–H groups in total. The number of nitrogens with zero attached hydrogens (tertiary/aromatic N) is 2. The molecule has 2 heterocycles. The quantitative estimate of drug-likeness (QED) is 0.747. The van der Waals surface area contributed by atoms with Crippen molar-refractivity contribution in [2.75, 3.05) is 7.11 Å². The molecule has 0 aromatic carbocycles. The maximum absolute atomic E-state index is 5.00. The van der Waals surface area contributed by atoms with Crippen LogP contribution in [0.1, 0.15) is 5.56 Å². The SMILES string of the molecule is COc1ccc(-c2cc(C)ccn2)cn1. The summed E-state index contributed by atoms with van der Waals surface area (Å²) >= 11 is 0. The van der Waals surface area contributed by atoms with Crippen molar-refractivity contribution in [3.8, 4) is 17.1 Å². The number of hydrogen-bond donors (Lipinski definition) is 0. The summed E-state index contributed by atoms with van der Waals surface area (Å²) in [6.45, 7) is 2.04. The summed E-state index contributed by atoms with van der Waals surface area (Å²) in [5.41, 5.74) is 3.13. The van der Waals surface area contributed by atoms with Gasteiger partial charge < -0.3 is 4.74 Å². The average molecular weight is 200 g/mol. The fourth-order valence-corrected chi connectivity index (χ4v) is 1.35. The van der Waals surface area contributed by atoms with Crippen LogP contribution in [0.2, 0.25) is 0 Å². The Labute approximate surface area is 88.8 Å². The number of pyridine rings is 2. The molecule has 0 saturated carbocycles. The summed E-state index contributed by atoms with van der Waals surface area (Å²) in [6, 6.07) is 7.79. The number of ether oxygens (including phenoxy) is 1. The van der Waals surface area contributed by atoms with Crippen LogP contribution in [0.25, 0.3) is 11.3 Å². The minimum absolute atomic E-state index is 0.617. The molecule has 0 amide bonds. The first-order valence-corrected chi connectivity index (χ1v) is 4.72. The van der Waals surface area contributed by atoms with Crippen molar-refractivity contribution < 1.29 is 4.74 Å². The molecule has 0 bridgehead atoms. The van der Waals surface area contributed by atoms with Crippen molar-refractivity contribution in [1.29, 1.82) is 0 Å². The standard InChI is InChI=1S/C12H12N2O/c1-9-5-6-13-11(7-9)10-3-4-12(15-2)14-8-10/h3-8H,1-2H3. The summed E-state index contributed by atoms with van der Waals surface area (Å²) in [5, 5.41) is 0. The lowest BCUT2D eigenvalue weighted by molar-refractivity contribution is 0.398. The van der Waals surface area contributed by atoms with E-state index < -0.39 is 0 Å². The molecule has 3 nitrogen and oxygen atoms in total. The lowest BCUT2D eigenvalue weighted by Gasteiger charge is -2.02. The minimum Gasteiger partial charge on any atom is -0.481 e. The largest absolute Gasteiger partial charge is 0.481 e. The van der Waals surface area contributed by atoms with E-state index >= 15 is 0 Å². The maximum Gasteiger partial charge on any atom is 0.212 e. The van der Waals surface area contributed by atoms with E-state index in [4.69, 9.17) is 4.74 Å². The Morgan fingerprint density at radius 1 is 1.13 bits per heavy atom. The lowest BCUT2D eigenvalue weighted by atomic mass is 10.1. The summed E-state index contributed by atoms with van der Waals surface area (Å²) in [6.07, 6.45) is 3.56. The Morgan fingerprint density at radius 3 is 2.60 bits per heavy atom. The molecule has 0 fully saturated rings. The third-order valence-corrected chi connectivity index (χ3v) is 2.16. The zero-order chi connectivity index (χ0) is 10.7. The highest BCUT2D eigenvalue weighted by atomic mass is 16.5. The van der Waals surface area contributed by atoms with Crippen LogP contribution < -0.4 is 4.74 Å². The molecule has 0 aliphatic heterocycles. The highest BCUT2D eigenvalue weighted by Crippen LogP contribution is 2.18. The van der Waals surface area contributed by atoms with Crippen LogP contribution in [0.15, 0.2) is 36.7 Å². The topological polar surface area (TPSA) is 35.0 Å². The molecule has 0 aliphatic carbocycles. The van der Waals surface area contributed by atoms with Gasteiger partial charge in [0.1, 0.15) is 0 Å². The van der Waals surface area contributed by atoms with Gasteiger partial charge in [-0.1, -0.05) is 0 Å². The third-order valence-electron chi connectivity index (χ3n) is 2.16. The number of aryl methyl sites for hydroxylation is 1. The van der Waals surface area contributed by atoms with Crippen molar-refractivity contribution >= 4 is 0 Å². The number of hydrogen-bond acceptors (Lipinski definition) is 3.